The Morgan fingerprint density at radius 2 is 1.83 bits per heavy atom. The van der Waals surface area contributed by atoms with Gasteiger partial charge in [-0.25, -0.2) is 8.78 Å². The first-order valence-corrected chi connectivity index (χ1v) is 9.95. The van der Waals surface area contributed by atoms with E-state index in [0.717, 1.165) is 38.2 Å². The van der Waals surface area contributed by atoms with Gasteiger partial charge >= 0.3 is 5.97 Å². The van der Waals surface area contributed by atoms with Gasteiger partial charge in [0.05, 0.1) is 19.1 Å². The number of nitrogens with zero attached hydrogens (tertiary/aromatic N) is 1. The van der Waals surface area contributed by atoms with Gasteiger partial charge < -0.3 is 20.1 Å². The van der Waals surface area contributed by atoms with Crippen LogP contribution in [0.2, 0.25) is 0 Å². The normalized spacial score (nSPS) is 12.2. The van der Waals surface area contributed by atoms with Crippen LogP contribution in [-0.2, 0) is 20.9 Å². The van der Waals surface area contributed by atoms with E-state index < -0.39 is 23.6 Å². The molecular weight excluding hydrogens is 382 g/mol. The molecule has 1 unspecified atom stereocenters. The quantitative estimate of drug-likeness (QED) is 0.431. The Kier molecular flexibility index (Phi) is 12.1. The van der Waals surface area contributed by atoms with Crippen LogP contribution in [0.5, 0.6) is 0 Å². The molecule has 0 spiro atoms. The van der Waals surface area contributed by atoms with Crippen molar-refractivity contribution in [2.45, 2.75) is 57.6 Å². The lowest BCUT2D eigenvalue weighted by molar-refractivity contribution is -0.137. The summed E-state index contributed by atoms with van der Waals surface area (Å²) in [5.41, 5.74) is 0.341. The fraction of sp³-hybridized carbons (Fsp3) is 0.619. The highest BCUT2D eigenvalue weighted by molar-refractivity contribution is 5.77. The number of likely N-dealkylation sites (N-methyl/N-ethyl adjacent to an activating group) is 1. The molecule has 1 amide bonds. The first-order valence-electron chi connectivity index (χ1n) is 9.95. The number of halogens is 2. The lowest BCUT2D eigenvalue weighted by Gasteiger charge is -2.20. The Morgan fingerprint density at radius 3 is 2.48 bits per heavy atom. The molecule has 1 aromatic rings. The molecule has 0 bridgehead atoms. The van der Waals surface area contributed by atoms with E-state index in [4.69, 9.17) is 9.84 Å². The number of aliphatic carboxylic acids is 1. The van der Waals surface area contributed by atoms with Crippen LogP contribution < -0.4 is 5.32 Å². The van der Waals surface area contributed by atoms with Crippen LogP contribution in [0.25, 0.3) is 0 Å². The summed E-state index contributed by atoms with van der Waals surface area (Å²) in [5, 5.41) is 11.7. The summed E-state index contributed by atoms with van der Waals surface area (Å²) in [6.45, 7) is 1.11. The van der Waals surface area contributed by atoms with Crippen molar-refractivity contribution in [3.05, 3.63) is 35.4 Å². The lowest BCUT2D eigenvalue weighted by Crippen LogP contribution is -2.42. The first-order chi connectivity index (χ1) is 13.8. The largest absolute Gasteiger partial charge is 0.481 e. The zero-order valence-electron chi connectivity index (χ0n) is 17.3. The van der Waals surface area contributed by atoms with Gasteiger partial charge in [-0.05, 0) is 33.0 Å². The van der Waals surface area contributed by atoms with E-state index in [1.165, 1.54) is 12.1 Å². The van der Waals surface area contributed by atoms with Gasteiger partial charge in [0, 0.05) is 31.2 Å². The van der Waals surface area contributed by atoms with Crippen molar-refractivity contribution >= 4 is 11.9 Å². The van der Waals surface area contributed by atoms with E-state index in [9.17, 15) is 18.4 Å². The average molecular weight is 414 g/mol. The second kappa shape index (κ2) is 14.0. The molecule has 0 saturated carbocycles. The molecule has 1 atom stereocenters. The molecule has 1 aromatic carbocycles. The Labute approximate surface area is 171 Å². The molecule has 2 N–H and O–H groups in total. The number of benzene rings is 1. The van der Waals surface area contributed by atoms with Crippen LogP contribution in [0.15, 0.2) is 18.2 Å². The maximum atomic E-state index is 13.4. The number of hydrogen-bond donors (Lipinski definition) is 2. The molecule has 1 rings (SSSR count). The number of unbranched alkanes of at least 4 members (excludes halogenated alkanes) is 4. The second-order valence-electron chi connectivity index (χ2n) is 7.43. The van der Waals surface area contributed by atoms with E-state index in [1.807, 2.05) is 19.0 Å². The van der Waals surface area contributed by atoms with E-state index in [2.05, 4.69) is 5.32 Å². The van der Waals surface area contributed by atoms with Gasteiger partial charge in [0.2, 0.25) is 5.91 Å². The van der Waals surface area contributed by atoms with Crippen LogP contribution in [0.4, 0.5) is 8.78 Å². The number of carboxylic acid groups (broad SMARTS) is 1. The summed E-state index contributed by atoms with van der Waals surface area (Å²) in [4.78, 5) is 24.7. The second-order valence-corrected chi connectivity index (χ2v) is 7.43. The van der Waals surface area contributed by atoms with Gasteiger partial charge in [-0.1, -0.05) is 25.3 Å². The average Bonchev–Trinajstić information content (AvgIpc) is 2.60. The first kappa shape index (κ1) is 25.0. The van der Waals surface area contributed by atoms with E-state index >= 15 is 0 Å². The minimum absolute atomic E-state index is 0.0915. The van der Waals surface area contributed by atoms with Crippen molar-refractivity contribution < 1.29 is 28.2 Å². The number of carboxylic acids is 1. The topological polar surface area (TPSA) is 78.9 Å². The number of carbonyl (C=O) groups excluding carboxylic acids is 1. The number of carbonyl (C=O) groups is 2. The lowest BCUT2D eigenvalue weighted by atomic mass is 10.1. The molecule has 0 saturated heterocycles. The molecular formula is C21H32F2N2O4. The van der Waals surface area contributed by atoms with E-state index in [-0.39, 0.29) is 18.9 Å². The van der Waals surface area contributed by atoms with E-state index in [1.54, 1.807) is 0 Å². The van der Waals surface area contributed by atoms with Gasteiger partial charge in [-0.15, -0.1) is 0 Å². The van der Waals surface area contributed by atoms with Crippen LogP contribution in [0, 0.1) is 11.6 Å². The highest BCUT2D eigenvalue weighted by atomic mass is 19.1. The molecule has 164 valence electrons. The summed E-state index contributed by atoms with van der Waals surface area (Å²) >= 11 is 0. The molecule has 0 aromatic heterocycles. The van der Waals surface area contributed by atoms with Crippen LogP contribution in [0.1, 0.15) is 50.5 Å². The van der Waals surface area contributed by atoms with Crippen LogP contribution >= 0.6 is 0 Å². The molecule has 0 aliphatic heterocycles. The van der Waals surface area contributed by atoms with Gasteiger partial charge in [0.1, 0.15) is 11.6 Å². The summed E-state index contributed by atoms with van der Waals surface area (Å²) in [7, 11) is 3.67. The van der Waals surface area contributed by atoms with Gasteiger partial charge in [-0.2, -0.15) is 0 Å². The molecule has 0 aliphatic carbocycles. The standard InChI is InChI=1S/C21H32F2N2O4/c1-25(2)14-18(13-21(27)28)24-20(26)8-6-4-3-5-7-11-29-15-16-9-10-17(22)12-19(16)23/h9-10,12,18H,3-8,11,13-15H2,1-2H3,(H,24,26)(H,27,28). The maximum Gasteiger partial charge on any atom is 0.305 e. The van der Waals surface area contributed by atoms with E-state index in [0.29, 0.717) is 25.1 Å². The van der Waals surface area contributed by atoms with Gasteiger partial charge in [-0.3, -0.25) is 9.59 Å². The van der Waals surface area contributed by atoms with Crippen LogP contribution in [-0.4, -0.2) is 55.2 Å². The number of hydrogen-bond acceptors (Lipinski definition) is 4. The van der Waals surface area contributed by atoms with Crippen molar-refractivity contribution in [2.75, 3.05) is 27.2 Å². The van der Waals surface area contributed by atoms with Crippen molar-refractivity contribution in [1.82, 2.24) is 10.2 Å². The molecule has 0 fully saturated rings. The third-order valence-electron chi connectivity index (χ3n) is 4.34. The molecule has 0 heterocycles. The number of amides is 1. The van der Waals surface area contributed by atoms with Crippen LogP contribution in [0.3, 0.4) is 0 Å². The minimum Gasteiger partial charge on any atom is -0.481 e. The third-order valence-corrected chi connectivity index (χ3v) is 4.34. The van der Waals surface area contributed by atoms with Crippen molar-refractivity contribution in [2.24, 2.45) is 0 Å². The molecule has 29 heavy (non-hydrogen) atoms. The SMILES string of the molecule is CN(C)CC(CC(=O)O)NC(=O)CCCCCCCOCc1ccc(F)cc1F. The Bertz CT molecular complexity index is 641. The van der Waals surface area contributed by atoms with Gasteiger partial charge in [0.25, 0.3) is 0 Å². The predicted molar refractivity (Wildman–Crippen MR) is 106 cm³/mol. The number of nitrogens with one attached hydrogen (secondary N) is 1. The fourth-order valence-electron chi connectivity index (χ4n) is 2.95. The predicted octanol–water partition coefficient (Wildman–Crippen LogP) is 3.34. The Balaban J connectivity index is 2.06. The number of ether oxygens (including phenoxy) is 1. The maximum absolute atomic E-state index is 13.4. The monoisotopic (exact) mass is 414 g/mol. The number of rotatable bonds is 15. The van der Waals surface area contributed by atoms with Crippen molar-refractivity contribution in [3.63, 3.8) is 0 Å². The zero-order chi connectivity index (χ0) is 21.6. The summed E-state index contributed by atoms with van der Waals surface area (Å²) in [6.07, 6.45) is 4.66. The van der Waals surface area contributed by atoms with Gasteiger partial charge in [0.15, 0.2) is 0 Å². The van der Waals surface area contributed by atoms with Crippen molar-refractivity contribution in [1.29, 1.82) is 0 Å². The summed E-state index contributed by atoms with van der Waals surface area (Å²) < 4.78 is 31.7. The smallest absolute Gasteiger partial charge is 0.305 e. The Hall–Kier alpha value is -2.06. The molecule has 0 aliphatic rings. The Morgan fingerprint density at radius 1 is 1.14 bits per heavy atom. The molecule has 0 radical (unpaired) electrons. The highest BCUT2D eigenvalue weighted by Crippen LogP contribution is 2.11. The van der Waals surface area contributed by atoms with Crippen molar-refractivity contribution in [3.8, 4) is 0 Å². The minimum atomic E-state index is -0.929. The fourth-order valence-corrected chi connectivity index (χ4v) is 2.95. The summed E-state index contributed by atoms with van der Waals surface area (Å²) in [6, 6.07) is 3.05. The summed E-state index contributed by atoms with van der Waals surface area (Å²) in [5.74, 6) is -2.25. The third kappa shape index (κ3) is 12.2. The zero-order valence-corrected chi connectivity index (χ0v) is 17.3. The molecule has 8 heteroatoms. The highest BCUT2D eigenvalue weighted by Gasteiger charge is 2.16. The molecule has 6 nitrogen and oxygen atoms in total.